The van der Waals surface area contributed by atoms with E-state index in [0.717, 1.165) is 36.4 Å². The van der Waals surface area contributed by atoms with Gasteiger partial charge >= 0.3 is 0 Å². The summed E-state index contributed by atoms with van der Waals surface area (Å²) >= 11 is 0.965. The van der Waals surface area contributed by atoms with Gasteiger partial charge in [0.15, 0.2) is 0 Å². The highest BCUT2D eigenvalue weighted by Crippen LogP contribution is 2.39. The largest absolute Gasteiger partial charge is 0.489 e. The molecule has 2 aromatic carbocycles. The first kappa shape index (κ1) is 19.8. The maximum Gasteiger partial charge on any atom is 0.273 e. The van der Waals surface area contributed by atoms with E-state index in [9.17, 15) is 13.6 Å². The van der Waals surface area contributed by atoms with E-state index < -0.39 is 12.3 Å². The predicted octanol–water partition coefficient (Wildman–Crippen LogP) is 4.85. The number of amides is 1. The molecule has 1 aromatic heterocycles. The summed E-state index contributed by atoms with van der Waals surface area (Å²) in [7, 11) is 1.98. The summed E-state index contributed by atoms with van der Waals surface area (Å²) in [6.07, 6.45) is -1.88. The maximum atomic E-state index is 13.7. The van der Waals surface area contributed by atoms with E-state index in [2.05, 4.69) is 10.2 Å². The molecule has 0 aliphatic carbocycles. The minimum absolute atomic E-state index is 0.0227. The molecule has 1 fully saturated rings. The van der Waals surface area contributed by atoms with E-state index in [0.29, 0.717) is 22.4 Å². The predicted molar refractivity (Wildman–Crippen MR) is 111 cm³/mol. The Hall–Kier alpha value is -2.51. The number of carbonyl (C=O) groups is 1. The van der Waals surface area contributed by atoms with Gasteiger partial charge in [0, 0.05) is 22.7 Å². The molecule has 0 spiro atoms. The van der Waals surface area contributed by atoms with Gasteiger partial charge in [-0.05, 0) is 43.8 Å². The first-order valence-corrected chi connectivity index (χ1v) is 10.3. The number of nitrogens with zero attached hydrogens (tertiary/aromatic N) is 1. The quantitative estimate of drug-likeness (QED) is 0.625. The summed E-state index contributed by atoms with van der Waals surface area (Å²) in [5, 5.41) is 3.44. The van der Waals surface area contributed by atoms with E-state index in [1.54, 1.807) is 18.2 Å². The number of carbonyl (C=O) groups excluding carboxylic acids is 1. The van der Waals surface area contributed by atoms with Crippen LogP contribution in [0.3, 0.4) is 0 Å². The number of rotatable bonds is 6. The van der Waals surface area contributed by atoms with Crippen molar-refractivity contribution in [2.75, 3.05) is 20.1 Å². The van der Waals surface area contributed by atoms with Crippen LogP contribution in [0.15, 0.2) is 48.5 Å². The number of likely N-dealkylation sites (N-methyl/N-ethyl adjacent to an activating group) is 1. The first-order chi connectivity index (χ1) is 14.0. The van der Waals surface area contributed by atoms with Gasteiger partial charge in [0.2, 0.25) is 0 Å². The Morgan fingerprint density at radius 1 is 1.28 bits per heavy atom. The molecule has 0 radical (unpaired) electrons. The Balaban J connectivity index is 1.61. The average molecular weight is 416 g/mol. The maximum absolute atomic E-state index is 13.7. The fourth-order valence-electron chi connectivity index (χ4n) is 3.62. The fourth-order valence-corrected chi connectivity index (χ4v) is 4.66. The number of benzene rings is 2. The molecule has 1 amide bonds. The van der Waals surface area contributed by atoms with Crippen molar-refractivity contribution in [3.8, 4) is 5.75 Å². The monoisotopic (exact) mass is 416 g/mol. The number of fused-ring (bicyclic) bond motifs is 1. The van der Waals surface area contributed by atoms with Crippen molar-refractivity contribution in [1.29, 1.82) is 0 Å². The molecule has 4 nitrogen and oxygen atoms in total. The number of hydrogen-bond acceptors (Lipinski definition) is 4. The summed E-state index contributed by atoms with van der Waals surface area (Å²) < 4.78 is 33.8. The van der Waals surface area contributed by atoms with Gasteiger partial charge in [-0.1, -0.05) is 30.3 Å². The van der Waals surface area contributed by atoms with Crippen molar-refractivity contribution in [2.45, 2.75) is 25.5 Å². The number of likely N-dealkylation sites (tertiary alicyclic amines) is 1. The molecule has 7 heteroatoms. The molecular weight excluding hydrogens is 394 g/mol. The third kappa shape index (κ3) is 4.41. The van der Waals surface area contributed by atoms with Crippen molar-refractivity contribution in [3.05, 3.63) is 64.5 Å². The van der Waals surface area contributed by atoms with Crippen molar-refractivity contribution in [3.63, 3.8) is 0 Å². The van der Waals surface area contributed by atoms with Crippen molar-refractivity contribution in [2.24, 2.45) is 0 Å². The fraction of sp³-hybridized carbons (Fsp3) is 0.318. The highest BCUT2D eigenvalue weighted by Gasteiger charge is 2.28. The van der Waals surface area contributed by atoms with Crippen LogP contribution in [-0.4, -0.2) is 37.0 Å². The smallest absolute Gasteiger partial charge is 0.273 e. The number of ether oxygens (including phenoxy) is 1. The zero-order valence-electron chi connectivity index (χ0n) is 16.0. The first-order valence-electron chi connectivity index (χ1n) is 9.52. The molecule has 1 atom stereocenters. The minimum atomic E-state index is -2.70. The van der Waals surface area contributed by atoms with Gasteiger partial charge in [0.1, 0.15) is 12.4 Å². The second-order valence-electron chi connectivity index (χ2n) is 7.30. The van der Waals surface area contributed by atoms with Crippen LogP contribution in [0.1, 0.15) is 33.6 Å². The molecule has 3 aromatic rings. The number of thiophene rings is 1. The molecular formula is C22H22F2N2O2S. The number of hydrogen-bond donors (Lipinski definition) is 1. The SMILES string of the molecule is CN1CCC(NC(=O)c2c(C(F)F)sc3ccc(OCc4ccccc4)cc23)C1. The lowest BCUT2D eigenvalue weighted by molar-refractivity contribution is 0.0929. The Bertz CT molecular complexity index is 1010. The molecule has 1 N–H and O–H groups in total. The molecule has 2 heterocycles. The van der Waals surface area contributed by atoms with Gasteiger partial charge in [-0.25, -0.2) is 8.78 Å². The van der Waals surface area contributed by atoms with Crippen LogP contribution < -0.4 is 10.1 Å². The van der Waals surface area contributed by atoms with Crippen LogP contribution in [0.2, 0.25) is 0 Å². The zero-order valence-corrected chi connectivity index (χ0v) is 16.8. The molecule has 0 bridgehead atoms. The molecule has 29 heavy (non-hydrogen) atoms. The summed E-state index contributed by atoms with van der Waals surface area (Å²) in [6, 6.07) is 14.9. The lowest BCUT2D eigenvalue weighted by Gasteiger charge is -2.14. The van der Waals surface area contributed by atoms with Crippen LogP contribution >= 0.6 is 11.3 Å². The van der Waals surface area contributed by atoms with Gasteiger partial charge in [0.05, 0.1) is 10.4 Å². The van der Waals surface area contributed by atoms with Crippen LogP contribution in [0.5, 0.6) is 5.75 Å². The molecule has 1 aliphatic heterocycles. The van der Waals surface area contributed by atoms with E-state index in [1.807, 2.05) is 37.4 Å². The van der Waals surface area contributed by atoms with Crippen LogP contribution in [0.4, 0.5) is 8.78 Å². The van der Waals surface area contributed by atoms with E-state index in [-0.39, 0.29) is 16.5 Å². The number of alkyl halides is 2. The molecule has 1 unspecified atom stereocenters. The third-order valence-corrected chi connectivity index (χ3v) is 6.26. The summed E-state index contributed by atoms with van der Waals surface area (Å²) in [6.45, 7) is 1.98. The van der Waals surface area contributed by atoms with Gasteiger partial charge in [-0.3, -0.25) is 4.79 Å². The van der Waals surface area contributed by atoms with Gasteiger partial charge in [0.25, 0.3) is 12.3 Å². The topological polar surface area (TPSA) is 41.6 Å². The van der Waals surface area contributed by atoms with E-state index in [4.69, 9.17) is 4.74 Å². The summed E-state index contributed by atoms with van der Waals surface area (Å²) in [5.74, 6) is 0.113. The molecule has 1 aliphatic rings. The Labute approximate surface area is 172 Å². The molecule has 152 valence electrons. The lowest BCUT2D eigenvalue weighted by atomic mass is 10.1. The number of halogens is 2. The van der Waals surface area contributed by atoms with Crippen molar-refractivity contribution < 1.29 is 18.3 Å². The minimum Gasteiger partial charge on any atom is -0.489 e. The summed E-state index contributed by atoms with van der Waals surface area (Å²) in [4.78, 5) is 14.8. The Morgan fingerprint density at radius 2 is 2.07 bits per heavy atom. The molecule has 4 rings (SSSR count). The van der Waals surface area contributed by atoms with E-state index in [1.165, 1.54) is 0 Å². The summed E-state index contributed by atoms with van der Waals surface area (Å²) in [5.41, 5.74) is 1.08. The van der Waals surface area contributed by atoms with Crippen molar-refractivity contribution in [1.82, 2.24) is 10.2 Å². The van der Waals surface area contributed by atoms with E-state index >= 15 is 0 Å². The van der Waals surface area contributed by atoms with Gasteiger partial charge in [-0.15, -0.1) is 11.3 Å². The highest BCUT2D eigenvalue weighted by atomic mass is 32.1. The second-order valence-corrected chi connectivity index (χ2v) is 8.38. The highest BCUT2D eigenvalue weighted by molar-refractivity contribution is 7.19. The van der Waals surface area contributed by atoms with Crippen molar-refractivity contribution >= 4 is 27.3 Å². The van der Waals surface area contributed by atoms with Crippen LogP contribution in [0.25, 0.3) is 10.1 Å². The standard InChI is InChI=1S/C22H22F2N2O2S/c1-26-10-9-15(12-26)25-22(27)19-17-11-16(28-13-14-5-3-2-4-6-14)7-8-18(17)29-20(19)21(23)24/h2-8,11,15,21H,9-10,12-13H2,1H3,(H,25,27). The number of nitrogens with one attached hydrogen (secondary N) is 1. The van der Waals surface area contributed by atoms with Gasteiger partial charge < -0.3 is 15.0 Å². The molecule has 0 saturated carbocycles. The molecule has 1 saturated heterocycles. The van der Waals surface area contributed by atoms with Crippen LogP contribution in [0, 0.1) is 0 Å². The Morgan fingerprint density at radius 3 is 2.76 bits per heavy atom. The van der Waals surface area contributed by atoms with Gasteiger partial charge in [-0.2, -0.15) is 0 Å². The van der Waals surface area contributed by atoms with Crippen LogP contribution in [-0.2, 0) is 6.61 Å². The lowest BCUT2D eigenvalue weighted by Crippen LogP contribution is -2.36. The Kier molecular flexibility index (Phi) is 5.78. The normalized spacial score (nSPS) is 17.2. The second kappa shape index (κ2) is 8.47. The zero-order chi connectivity index (χ0) is 20.4. The average Bonchev–Trinajstić information content (AvgIpc) is 3.30. The third-order valence-electron chi connectivity index (χ3n) is 5.09.